The van der Waals surface area contributed by atoms with Crippen LogP contribution in [0, 0.1) is 11.8 Å². The zero-order valence-electron chi connectivity index (χ0n) is 16.0. The summed E-state index contributed by atoms with van der Waals surface area (Å²) in [6, 6.07) is 12.9. The predicted octanol–water partition coefficient (Wildman–Crippen LogP) is 1.08. The Labute approximate surface area is 176 Å². The molecule has 0 unspecified atom stereocenters. The van der Waals surface area contributed by atoms with Crippen molar-refractivity contribution in [1.82, 2.24) is 10.8 Å². The Balaban J connectivity index is 0.00000450. The molecule has 0 aromatic heterocycles. The number of rotatable bonds is 7. The number of hydrogen-bond donors (Lipinski definition) is 6. The van der Waals surface area contributed by atoms with Crippen LogP contribution in [0.1, 0.15) is 35.8 Å². The highest BCUT2D eigenvalue weighted by Gasteiger charge is 2.25. The van der Waals surface area contributed by atoms with Crippen molar-refractivity contribution in [1.29, 1.82) is 0 Å². The molecule has 7 N–H and O–H groups in total. The van der Waals surface area contributed by atoms with Gasteiger partial charge in [0.15, 0.2) is 0 Å². The van der Waals surface area contributed by atoms with E-state index in [0.29, 0.717) is 24.2 Å². The molecule has 2 aromatic carbocycles. The van der Waals surface area contributed by atoms with Gasteiger partial charge in [-0.05, 0) is 49.4 Å². The second-order valence-corrected chi connectivity index (χ2v) is 6.29. The van der Waals surface area contributed by atoms with E-state index < -0.39 is 24.0 Å². The van der Waals surface area contributed by atoms with Crippen molar-refractivity contribution >= 4 is 17.5 Å². The van der Waals surface area contributed by atoms with Crippen molar-refractivity contribution in [3.05, 3.63) is 65.2 Å². The number of hydrogen-bond acceptors (Lipinski definition) is 6. The third kappa shape index (κ3) is 7.22. The number of amides is 2. The number of anilines is 1. The first-order chi connectivity index (χ1) is 13.9. The van der Waals surface area contributed by atoms with Gasteiger partial charge in [0.25, 0.3) is 11.8 Å². The average Bonchev–Trinajstić information content (AvgIpc) is 2.74. The number of nitrogens with one attached hydrogen (secondary N) is 3. The van der Waals surface area contributed by atoms with Crippen LogP contribution in [0.2, 0.25) is 0 Å². The quantitative estimate of drug-likeness (QED) is 0.229. The zero-order chi connectivity index (χ0) is 21.2. The van der Waals surface area contributed by atoms with Gasteiger partial charge in [-0.25, -0.2) is 5.48 Å². The maximum atomic E-state index is 12.3. The first kappa shape index (κ1) is 24.7. The van der Waals surface area contributed by atoms with E-state index >= 15 is 0 Å². The lowest BCUT2D eigenvalue weighted by Crippen LogP contribution is -2.51. The molecule has 0 aliphatic heterocycles. The highest BCUT2D eigenvalue weighted by atomic mass is 16.5. The number of nitrogens with two attached hydrogens (primary N) is 1. The second kappa shape index (κ2) is 12.2. The number of hydroxylamine groups is 1. The summed E-state index contributed by atoms with van der Waals surface area (Å²) in [7, 11) is 0. The fourth-order valence-corrected chi connectivity index (χ4v) is 2.47. The van der Waals surface area contributed by atoms with Gasteiger partial charge in [0, 0.05) is 35.5 Å². The Hall–Kier alpha value is -3.38. The van der Waals surface area contributed by atoms with Crippen molar-refractivity contribution in [3.63, 3.8) is 0 Å². The van der Waals surface area contributed by atoms with Gasteiger partial charge in [-0.15, -0.1) is 0 Å². The fourth-order valence-electron chi connectivity index (χ4n) is 2.47. The Kier molecular flexibility index (Phi) is 10.1. The third-order valence-corrected chi connectivity index (χ3v) is 4.00. The van der Waals surface area contributed by atoms with Crippen LogP contribution in [-0.2, 0) is 4.79 Å². The van der Waals surface area contributed by atoms with Gasteiger partial charge in [0.1, 0.15) is 6.04 Å². The summed E-state index contributed by atoms with van der Waals surface area (Å²) in [5.41, 5.74) is 9.68. The second-order valence-electron chi connectivity index (χ2n) is 6.29. The molecule has 0 heterocycles. The molecule has 0 saturated carbocycles. The highest BCUT2D eigenvalue weighted by molar-refractivity contribution is 5.97. The summed E-state index contributed by atoms with van der Waals surface area (Å²) in [4.78, 5) is 23.8. The molecule has 0 fully saturated rings. The number of aliphatic hydroxyl groups is 1. The van der Waals surface area contributed by atoms with E-state index in [4.69, 9.17) is 10.9 Å². The standard InChI is InChI=1S/C21H24N4O4.CH4/c1-14(26)19(21(28)25-29)24-20(27)17-9-7-15(8-10-17)5-6-16-3-2-4-18(13-16)23-12-11-22;/h2-4,7-10,13-14,19,23,26,29H,11-12,22H2,1H3,(H,24,27)(H,25,28);1H4/t14-,19+;/m1./s1. The van der Waals surface area contributed by atoms with E-state index in [2.05, 4.69) is 22.5 Å². The Morgan fingerprint density at radius 1 is 1.10 bits per heavy atom. The van der Waals surface area contributed by atoms with Gasteiger partial charge < -0.3 is 21.5 Å². The van der Waals surface area contributed by atoms with Crippen molar-refractivity contribution in [2.75, 3.05) is 18.4 Å². The van der Waals surface area contributed by atoms with Crippen LogP contribution in [0.4, 0.5) is 5.69 Å². The monoisotopic (exact) mass is 412 g/mol. The normalized spacial score (nSPS) is 11.7. The molecule has 30 heavy (non-hydrogen) atoms. The lowest BCUT2D eigenvalue weighted by molar-refractivity contribution is -0.133. The summed E-state index contributed by atoms with van der Waals surface area (Å²) in [6.07, 6.45) is -1.17. The Morgan fingerprint density at radius 2 is 1.77 bits per heavy atom. The molecule has 0 aliphatic rings. The van der Waals surface area contributed by atoms with Crippen LogP contribution >= 0.6 is 0 Å². The maximum Gasteiger partial charge on any atom is 0.268 e. The van der Waals surface area contributed by atoms with E-state index in [0.717, 1.165) is 11.3 Å². The zero-order valence-corrected chi connectivity index (χ0v) is 16.0. The Bertz CT molecular complexity index is 901. The first-order valence-corrected chi connectivity index (χ1v) is 9.03. The molecule has 0 saturated heterocycles. The van der Waals surface area contributed by atoms with Gasteiger partial charge in [-0.2, -0.15) is 0 Å². The lowest BCUT2D eigenvalue weighted by Gasteiger charge is -2.19. The molecule has 2 atom stereocenters. The molecular weight excluding hydrogens is 384 g/mol. The van der Waals surface area contributed by atoms with Gasteiger partial charge >= 0.3 is 0 Å². The van der Waals surface area contributed by atoms with Gasteiger partial charge in [-0.1, -0.05) is 25.3 Å². The van der Waals surface area contributed by atoms with Gasteiger partial charge in [0.05, 0.1) is 6.10 Å². The van der Waals surface area contributed by atoms with Crippen LogP contribution in [0.3, 0.4) is 0 Å². The molecular formula is C22H28N4O4. The molecule has 0 radical (unpaired) electrons. The SMILES string of the molecule is C.C[C@@H](O)[C@H](NC(=O)c1ccc(C#Cc2cccc(NCCN)c2)cc1)C(=O)NO. The minimum absolute atomic E-state index is 0. The molecule has 2 aromatic rings. The van der Waals surface area contributed by atoms with E-state index in [9.17, 15) is 14.7 Å². The largest absolute Gasteiger partial charge is 0.391 e. The predicted molar refractivity (Wildman–Crippen MR) is 116 cm³/mol. The van der Waals surface area contributed by atoms with Gasteiger partial charge in [0.2, 0.25) is 0 Å². The third-order valence-electron chi connectivity index (χ3n) is 4.00. The lowest BCUT2D eigenvalue weighted by atomic mass is 10.1. The molecule has 0 bridgehead atoms. The van der Waals surface area contributed by atoms with Crippen LogP contribution in [-0.4, -0.2) is 47.4 Å². The number of carbonyl (C=O) groups is 2. The molecule has 0 aliphatic carbocycles. The molecule has 2 rings (SSSR count). The molecule has 160 valence electrons. The molecule has 2 amide bonds. The smallest absolute Gasteiger partial charge is 0.268 e. The van der Waals surface area contributed by atoms with E-state index in [1.165, 1.54) is 12.4 Å². The van der Waals surface area contributed by atoms with Crippen molar-refractivity contribution in [2.45, 2.75) is 26.5 Å². The van der Waals surface area contributed by atoms with E-state index in [-0.39, 0.29) is 7.43 Å². The first-order valence-electron chi connectivity index (χ1n) is 9.03. The summed E-state index contributed by atoms with van der Waals surface area (Å²) < 4.78 is 0. The molecule has 8 heteroatoms. The topological polar surface area (TPSA) is 137 Å². The summed E-state index contributed by atoms with van der Waals surface area (Å²) in [5, 5.41) is 23.8. The van der Waals surface area contributed by atoms with Crippen LogP contribution in [0.5, 0.6) is 0 Å². The number of carbonyl (C=O) groups excluding carboxylic acids is 2. The van der Waals surface area contributed by atoms with Crippen LogP contribution in [0.15, 0.2) is 48.5 Å². The minimum atomic E-state index is -1.27. The van der Waals surface area contributed by atoms with Crippen molar-refractivity contribution in [2.24, 2.45) is 5.73 Å². The average molecular weight is 412 g/mol. The summed E-state index contributed by atoms with van der Waals surface area (Å²) in [5.74, 6) is 4.62. The maximum absolute atomic E-state index is 12.3. The molecule has 0 spiro atoms. The Morgan fingerprint density at radius 3 is 2.37 bits per heavy atom. The minimum Gasteiger partial charge on any atom is -0.391 e. The molecule has 8 nitrogen and oxygen atoms in total. The van der Waals surface area contributed by atoms with Gasteiger partial charge in [-0.3, -0.25) is 14.8 Å². The van der Waals surface area contributed by atoms with Crippen LogP contribution in [0.25, 0.3) is 0 Å². The number of aliphatic hydroxyl groups excluding tert-OH is 1. The van der Waals surface area contributed by atoms with Crippen molar-refractivity contribution < 1.29 is 19.9 Å². The summed E-state index contributed by atoms with van der Waals surface area (Å²) in [6.45, 7) is 2.55. The van der Waals surface area contributed by atoms with Crippen molar-refractivity contribution in [3.8, 4) is 11.8 Å². The summed E-state index contributed by atoms with van der Waals surface area (Å²) >= 11 is 0. The highest BCUT2D eigenvalue weighted by Crippen LogP contribution is 2.10. The van der Waals surface area contributed by atoms with E-state index in [1.54, 1.807) is 24.3 Å². The van der Waals surface area contributed by atoms with E-state index in [1.807, 2.05) is 24.3 Å². The van der Waals surface area contributed by atoms with Crippen LogP contribution < -0.4 is 21.8 Å². The fraction of sp³-hybridized carbons (Fsp3) is 0.273. The number of benzene rings is 2.